The predicted molar refractivity (Wildman–Crippen MR) is 128 cm³/mol. The summed E-state index contributed by atoms with van der Waals surface area (Å²) in [5, 5.41) is 16.8. The van der Waals surface area contributed by atoms with Crippen molar-refractivity contribution < 1.29 is 32.7 Å². The number of hydrogen-bond donors (Lipinski definition) is 4. The molecule has 2 aliphatic rings. The zero-order valence-electron chi connectivity index (χ0n) is 20.1. The molecule has 5 N–H and O–H groups in total. The summed E-state index contributed by atoms with van der Waals surface area (Å²) < 4.78 is 38.9. The number of nitrogens with one attached hydrogen (secondary N) is 2. The molecule has 0 aromatic heterocycles. The number of alkyl halides is 3. The van der Waals surface area contributed by atoms with Gasteiger partial charge in [-0.1, -0.05) is 18.2 Å². The van der Waals surface area contributed by atoms with E-state index in [0.717, 1.165) is 18.2 Å². The molecule has 2 fully saturated rings. The molecule has 0 radical (unpaired) electrons. The van der Waals surface area contributed by atoms with Gasteiger partial charge in [0.2, 0.25) is 11.8 Å². The predicted octanol–water partition coefficient (Wildman–Crippen LogP) is 2.16. The van der Waals surface area contributed by atoms with Gasteiger partial charge in [0.05, 0.1) is 23.8 Å². The van der Waals surface area contributed by atoms with E-state index in [4.69, 9.17) is 5.73 Å². The molecule has 0 atom stereocenters. The number of primary amides is 1. The first kappa shape index (κ1) is 26.6. The quantitative estimate of drug-likeness (QED) is 0.447. The Bertz CT molecular complexity index is 1160. The Morgan fingerprint density at radius 1 is 1.03 bits per heavy atom. The van der Waals surface area contributed by atoms with Crippen LogP contribution in [0.1, 0.15) is 57.5 Å². The molecule has 2 aromatic carbocycles. The molecule has 1 saturated carbocycles. The number of halogens is 3. The third-order valence-electron chi connectivity index (χ3n) is 7.18. The van der Waals surface area contributed by atoms with Gasteiger partial charge in [0.1, 0.15) is 0 Å². The van der Waals surface area contributed by atoms with Crippen molar-refractivity contribution in [1.82, 2.24) is 15.5 Å². The highest BCUT2D eigenvalue weighted by atomic mass is 19.4. The second-order valence-electron chi connectivity index (χ2n) is 9.58. The number of amides is 3. The van der Waals surface area contributed by atoms with Gasteiger partial charge in [-0.3, -0.25) is 14.4 Å². The highest BCUT2D eigenvalue weighted by molar-refractivity contribution is 5.96. The van der Waals surface area contributed by atoms with Crippen molar-refractivity contribution in [3.05, 3.63) is 70.8 Å². The molecule has 8 nitrogen and oxygen atoms in total. The average Bonchev–Trinajstić information content (AvgIpc) is 2.84. The number of aliphatic hydroxyl groups is 1. The maximum Gasteiger partial charge on any atom is 0.416 e. The van der Waals surface area contributed by atoms with Gasteiger partial charge in [0.25, 0.3) is 5.91 Å². The van der Waals surface area contributed by atoms with Crippen LogP contribution in [0.15, 0.2) is 48.5 Å². The van der Waals surface area contributed by atoms with Crippen molar-refractivity contribution in [2.24, 2.45) is 5.73 Å². The molecule has 3 amide bonds. The number of carbonyl (C=O) groups is 3. The molecule has 0 unspecified atom stereocenters. The number of nitrogens with two attached hydrogens (primary N) is 1. The van der Waals surface area contributed by atoms with Crippen LogP contribution >= 0.6 is 0 Å². The lowest BCUT2D eigenvalue weighted by atomic mass is 9.76. The Morgan fingerprint density at radius 2 is 1.68 bits per heavy atom. The lowest BCUT2D eigenvalue weighted by molar-refractivity contribution is -0.139. The SMILES string of the molecule is NC(=O)c1ccc(C2(O)CCC(N(C(=O)CNC(=O)c3cccc(C(F)(F)F)c3)C3CNC3)CC2)cc1. The summed E-state index contributed by atoms with van der Waals surface area (Å²) in [5.41, 5.74) is 4.10. The molecule has 1 saturated heterocycles. The largest absolute Gasteiger partial charge is 0.416 e. The summed E-state index contributed by atoms with van der Waals surface area (Å²) in [6.45, 7) is 0.853. The van der Waals surface area contributed by atoms with E-state index in [9.17, 15) is 32.7 Å². The average molecular weight is 519 g/mol. The van der Waals surface area contributed by atoms with Gasteiger partial charge in [-0.15, -0.1) is 0 Å². The van der Waals surface area contributed by atoms with Gasteiger partial charge in [0, 0.05) is 30.3 Å². The third kappa shape index (κ3) is 5.94. The van der Waals surface area contributed by atoms with E-state index in [2.05, 4.69) is 10.6 Å². The summed E-state index contributed by atoms with van der Waals surface area (Å²) in [7, 11) is 0. The normalized spacial score (nSPS) is 22.1. The molecule has 1 aliphatic carbocycles. The van der Waals surface area contributed by atoms with Crippen LogP contribution in [0, 0.1) is 0 Å². The molecule has 198 valence electrons. The van der Waals surface area contributed by atoms with E-state index in [1.165, 1.54) is 6.07 Å². The van der Waals surface area contributed by atoms with E-state index in [0.29, 0.717) is 49.9 Å². The second-order valence-corrected chi connectivity index (χ2v) is 9.58. The van der Waals surface area contributed by atoms with Crippen LogP contribution in [-0.4, -0.2) is 59.4 Å². The van der Waals surface area contributed by atoms with Gasteiger partial charge >= 0.3 is 6.18 Å². The van der Waals surface area contributed by atoms with Crippen molar-refractivity contribution in [2.75, 3.05) is 19.6 Å². The Balaban J connectivity index is 1.39. The fraction of sp³-hybridized carbons (Fsp3) is 0.423. The molecule has 4 rings (SSSR count). The second kappa shape index (κ2) is 10.5. The van der Waals surface area contributed by atoms with E-state index in [1.807, 2.05) is 0 Å². The van der Waals surface area contributed by atoms with E-state index in [-0.39, 0.29) is 30.1 Å². The molecule has 2 aromatic rings. The third-order valence-corrected chi connectivity index (χ3v) is 7.18. The summed E-state index contributed by atoms with van der Waals surface area (Å²) in [6.07, 6.45) is -2.73. The molecule has 37 heavy (non-hydrogen) atoms. The fourth-order valence-corrected chi connectivity index (χ4v) is 4.95. The molecule has 11 heteroatoms. The number of benzene rings is 2. The number of nitrogens with zero attached hydrogens (tertiary/aromatic N) is 1. The zero-order valence-corrected chi connectivity index (χ0v) is 20.1. The van der Waals surface area contributed by atoms with Crippen molar-refractivity contribution >= 4 is 17.7 Å². The molecule has 0 bridgehead atoms. The molecular weight excluding hydrogens is 489 g/mol. The molecular formula is C26H29F3N4O4. The topological polar surface area (TPSA) is 125 Å². The summed E-state index contributed by atoms with van der Waals surface area (Å²) in [4.78, 5) is 38.7. The molecule has 1 heterocycles. The minimum absolute atomic E-state index is 0.0657. The summed E-state index contributed by atoms with van der Waals surface area (Å²) >= 11 is 0. The van der Waals surface area contributed by atoms with Crippen molar-refractivity contribution in [2.45, 2.75) is 49.5 Å². The lowest BCUT2D eigenvalue weighted by Gasteiger charge is -2.47. The van der Waals surface area contributed by atoms with E-state index >= 15 is 0 Å². The Hall–Kier alpha value is -3.44. The first-order chi connectivity index (χ1) is 17.5. The maximum atomic E-state index is 13.2. The van der Waals surface area contributed by atoms with Crippen LogP contribution in [0.25, 0.3) is 0 Å². The number of hydrogen-bond acceptors (Lipinski definition) is 5. The van der Waals surface area contributed by atoms with Crippen molar-refractivity contribution in [3.8, 4) is 0 Å². The summed E-state index contributed by atoms with van der Waals surface area (Å²) in [6, 6.07) is 10.3. The van der Waals surface area contributed by atoms with Gasteiger partial charge in [-0.05, 0) is 61.6 Å². The van der Waals surface area contributed by atoms with Crippen LogP contribution < -0.4 is 16.4 Å². The highest BCUT2D eigenvalue weighted by Crippen LogP contribution is 2.39. The van der Waals surface area contributed by atoms with Crippen LogP contribution in [0.3, 0.4) is 0 Å². The van der Waals surface area contributed by atoms with Gasteiger partial charge in [-0.25, -0.2) is 0 Å². The van der Waals surface area contributed by atoms with Gasteiger partial charge in [0.15, 0.2) is 0 Å². The monoisotopic (exact) mass is 518 g/mol. The summed E-state index contributed by atoms with van der Waals surface area (Å²) in [5.74, 6) is -1.64. The minimum Gasteiger partial charge on any atom is -0.385 e. The maximum absolute atomic E-state index is 13.2. The van der Waals surface area contributed by atoms with Gasteiger partial charge in [-0.2, -0.15) is 13.2 Å². The van der Waals surface area contributed by atoms with Gasteiger partial charge < -0.3 is 26.4 Å². The zero-order chi connectivity index (χ0) is 26.8. The Kier molecular flexibility index (Phi) is 7.56. The molecule has 1 aliphatic heterocycles. The smallest absolute Gasteiger partial charge is 0.385 e. The Morgan fingerprint density at radius 3 is 2.22 bits per heavy atom. The first-order valence-corrected chi connectivity index (χ1v) is 12.1. The molecule has 0 spiro atoms. The fourth-order valence-electron chi connectivity index (χ4n) is 4.95. The van der Waals surface area contributed by atoms with Crippen molar-refractivity contribution in [1.29, 1.82) is 0 Å². The van der Waals surface area contributed by atoms with Crippen LogP contribution in [0.2, 0.25) is 0 Å². The first-order valence-electron chi connectivity index (χ1n) is 12.1. The van der Waals surface area contributed by atoms with E-state index < -0.39 is 29.2 Å². The van der Waals surface area contributed by atoms with E-state index in [1.54, 1.807) is 29.2 Å². The van der Waals surface area contributed by atoms with Crippen LogP contribution in [0.4, 0.5) is 13.2 Å². The Labute approximate surface area is 212 Å². The standard InChI is InChI=1S/C26H29F3N4O4/c27-26(28,29)19-3-1-2-17(12-19)24(36)32-15-22(34)33(21-13-31-14-21)20-8-10-25(37,11-9-20)18-6-4-16(5-7-18)23(30)35/h1-7,12,20-21,31,37H,8-11,13-15H2,(H2,30,35)(H,32,36). The number of carbonyl (C=O) groups excluding carboxylic acids is 3. The minimum atomic E-state index is -4.58. The highest BCUT2D eigenvalue weighted by Gasteiger charge is 2.41. The van der Waals surface area contributed by atoms with Crippen LogP contribution in [-0.2, 0) is 16.6 Å². The number of rotatable bonds is 7. The van der Waals surface area contributed by atoms with Crippen LogP contribution in [0.5, 0.6) is 0 Å². The lowest BCUT2D eigenvalue weighted by Crippen LogP contribution is -2.63. The van der Waals surface area contributed by atoms with Crippen molar-refractivity contribution in [3.63, 3.8) is 0 Å².